The van der Waals surface area contributed by atoms with Gasteiger partial charge in [0, 0.05) is 18.9 Å². The SMILES string of the molecule is Nc1ccncc1S(=O)(=O)NCC1CCSC1. The number of nitrogens with two attached hydrogens (primary N) is 1. The van der Waals surface area contributed by atoms with E-state index in [9.17, 15) is 8.42 Å². The number of rotatable bonds is 4. The average molecular weight is 273 g/mol. The lowest BCUT2D eigenvalue weighted by atomic mass is 10.1. The van der Waals surface area contributed by atoms with Crippen LogP contribution in [0.1, 0.15) is 6.42 Å². The zero-order valence-electron chi connectivity index (χ0n) is 9.30. The van der Waals surface area contributed by atoms with E-state index in [1.165, 1.54) is 18.5 Å². The molecule has 94 valence electrons. The molecule has 1 unspecified atom stereocenters. The Morgan fingerprint density at radius 2 is 2.41 bits per heavy atom. The van der Waals surface area contributed by atoms with Gasteiger partial charge >= 0.3 is 0 Å². The molecule has 0 radical (unpaired) electrons. The van der Waals surface area contributed by atoms with Crippen LogP contribution in [0.2, 0.25) is 0 Å². The van der Waals surface area contributed by atoms with Crippen molar-refractivity contribution in [3.63, 3.8) is 0 Å². The van der Waals surface area contributed by atoms with Crippen LogP contribution in [0.25, 0.3) is 0 Å². The van der Waals surface area contributed by atoms with Gasteiger partial charge in [0.05, 0.1) is 5.69 Å². The summed E-state index contributed by atoms with van der Waals surface area (Å²) < 4.78 is 26.5. The Bertz CT molecular complexity index is 484. The molecule has 0 spiro atoms. The van der Waals surface area contributed by atoms with Crippen LogP contribution in [-0.4, -0.2) is 31.5 Å². The fourth-order valence-electron chi connectivity index (χ4n) is 1.66. The van der Waals surface area contributed by atoms with E-state index >= 15 is 0 Å². The first-order valence-corrected chi connectivity index (χ1v) is 8.00. The van der Waals surface area contributed by atoms with Crippen molar-refractivity contribution in [3.8, 4) is 0 Å². The van der Waals surface area contributed by atoms with Crippen LogP contribution in [0.3, 0.4) is 0 Å². The van der Waals surface area contributed by atoms with Gasteiger partial charge in [-0.1, -0.05) is 0 Å². The molecule has 2 heterocycles. The smallest absolute Gasteiger partial charge is 0.244 e. The minimum absolute atomic E-state index is 0.0608. The molecule has 1 aliphatic rings. The van der Waals surface area contributed by atoms with Crippen molar-refractivity contribution in [2.75, 3.05) is 23.8 Å². The summed E-state index contributed by atoms with van der Waals surface area (Å²) in [5.41, 5.74) is 5.86. The maximum absolute atomic E-state index is 12.0. The van der Waals surface area contributed by atoms with Crippen molar-refractivity contribution >= 4 is 27.5 Å². The maximum Gasteiger partial charge on any atom is 0.244 e. The lowest BCUT2D eigenvalue weighted by Gasteiger charge is -2.11. The Hall–Kier alpha value is -0.790. The van der Waals surface area contributed by atoms with Crippen LogP contribution in [-0.2, 0) is 10.0 Å². The van der Waals surface area contributed by atoms with Crippen LogP contribution >= 0.6 is 11.8 Å². The minimum Gasteiger partial charge on any atom is -0.398 e. The zero-order valence-corrected chi connectivity index (χ0v) is 10.9. The fraction of sp³-hybridized carbons (Fsp3) is 0.500. The van der Waals surface area contributed by atoms with Crippen LogP contribution in [0, 0.1) is 5.92 Å². The molecule has 0 bridgehead atoms. The number of sulfonamides is 1. The Morgan fingerprint density at radius 1 is 1.59 bits per heavy atom. The molecule has 17 heavy (non-hydrogen) atoms. The van der Waals surface area contributed by atoms with Crippen molar-refractivity contribution in [2.45, 2.75) is 11.3 Å². The number of hydrogen-bond donors (Lipinski definition) is 2. The van der Waals surface area contributed by atoms with Gasteiger partial charge in [0.25, 0.3) is 0 Å². The molecular formula is C10H15N3O2S2. The van der Waals surface area contributed by atoms with E-state index in [0.29, 0.717) is 12.5 Å². The Morgan fingerprint density at radius 3 is 3.06 bits per heavy atom. The Kier molecular flexibility index (Phi) is 3.90. The van der Waals surface area contributed by atoms with E-state index in [0.717, 1.165) is 17.9 Å². The molecule has 5 nitrogen and oxygen atoms in total. The molecule has 1 aromatic rings. The molecule has 1 saturated heterocycles. The van der Waals surface area contributed by atoms with E-state index in [4.69, 9.17) is 5.73 Å². The van der Waals surface area contributed by atoms with E-state index < -0.39 is 10.0 Å². The molecule has 0 aliphatic carbocycles. The summed E-state index contributed by atoms with van der Waals surface area (Å²) in [7, 11) is -3.53. The normalized spacial score (nSPS) is 20.6. The molecule has 1 aliphatic heterocycles. The lowest BCUT2D eigenvalue weighted by Crippen LogP contribution is -2.30. The van der Waals surface area contributed by atoms with E-state index in [1.807, 2.05) is 11.8 Å². The van der Waals surface area contributed by atoms with Gasteiger partial charge in [0.2, 0.25) is 10.0 Å². The average Bonchev–Trinajstić information content (AvgIpc) is 2.80. The third kappa shape index (κ3) is 3.11. The molecular weight excluding hydrogens is 258 g/mol. The van der Waals surface area contributed by atoms with Crippen molar-refractivity contribution in [1.82, 2.24) is 9.71 Å². The third-order valence-corrected chi connectivity index (χ3v) is 5.39. The fourth-order valence-corrected chi connectivity index (χ4v) is 4.14. The second-order valence-electron chi connectivity index (χ2n) is 4.00. The largest absolute Gasteiger partial charge is 0.398 e. The standard InChI is InChI=1S/C10H15N3O2S2/c11-9-1-3-12-6-10(9)17(14,15)13-5-8-2-4-16-7-8/h1,3,6,8,13H,2,4-5,7H2,(H2,11,12). The highest BCUT2D eigenvalue weighted by Crippen LogP contribution is 2.23. The van der Waals surface area contributed by atoms with Gasteiger partial charge in [0.15, 0.2) is 0 Å². The second-order valence-corrected chi connectivity index (χ2v) is 6.88. The summed E-state index contributed by atoms with van der Waals surface area (Å²) in [5.74, 6) is 2.56. The molecule has 1 aromatic heterocycles. The van der Waals surface area contributed by atoms with Crippen molar-refractivity contribution in [2.24, 2.45) is 5.92 Å². The lowest BCUT2D eigenvalue weighted by molar-refractivity contribution is 0.546. The Labute approximate surface area is 105 Å². The number of nitrogen functional groups attached to an aromatic ring is 1. The topological polar surface area (TPSA) is 85.1 Å². The Balaban J connectivity index is 2.06. The molecule has 0 aromatic carbocycles. The molecule has 1 atom stereocenters. The van der Waals surface area contributed by atoms with E-state index in [1.54, 1.807) is 0 Å². The molecule has 0 amide bonds. The quantitative estimate of drug-likeness (QED) is 0.843. The maximum atomic E-state index is 12.0. The molecule has 0 saturated carbocycles. The zero-order chi connectivity index (χ0) is 12.3. The van der Waals surface area contributed by atoms with Crippen molar-refractivity contribution in [3.05, 3.63) is 18.5 Å². The van der Waals surface area contributed by atoms with Crippen LogP contribution in [0.4, 0.5) is 5.69 Å². The van der Waals surface area contributed by atoms with Crippen molar-refractivity contribution < 1.29 is 8.42 Å². The number of aromatic nitrogens is 1. The van der Waals surface area contributed by atoms with E-state index in [2.05, 4.69) is 9.71 Å². The van der Waals surface area contributed by atoms with E-state index in [-0.39, 0.29) is 10.6 Å². The van der Waals surface area contributed by atoms with Gasteiger partial charge in [-0.2, -0.15) is 11.8 Å². The highest BCUT2D eigenvalue weighted by Gasteiger charge is 2.21. The number of nitrogens with zero attached hydrogens (tertiary/aromatic N) is 1. The first-order chi connectivity index (χ1) is 8.09. The van der Waals surface area contributed by atoms with Gasteiger partial charge in [-0.25, -0.2) is 13.1 Å². The first kappa shape index (κ1) is 12.7. The summed E-state index contributed by atoms with van der Waals surface area (Å²) in [6.45, 7) is 0.476. The molecule has 7 heteroatoms. The van der Waals surface area contributed by atoms with Crippen LogP contribution in [0.5, 0.6) is 0 Å². The first-order valence-electron chi connectivity index (χ1n) is 5.36. The van der Waals surface area contributed by atoms with Gasteiger partial charge in [-0.05, 0) is 29.9 Å². The number of pyridine rings is 1. The van der Waals surface area contributed by atoms with Gasteiger partial charge < -0.3 is 5.73 Å². The molecule has 2 rings (SSSR count). The van der Waals surface area contributed by atoms with Gasteiger partial charge in [-0.15, -0.1) is 0 Å². The number of hydrogen-bond acceptors (Lipinski definition) is 5. The summed E-state index contributed by atoms with van der Waals surface area (Å²) in [4.78, 5) is 3.85. The highest BCUT2D eigenvalue weighted by molar-refractivity contribution is 7.99. The molecule has 3 N–H and O–H groups in total. The van der Waals surface area contributed by atoms with Crippen molar-refractivity contribution in [1.29, 1.82) is 0 Å². The monoisotopic (exact) mass is 273 g/mol. The van der Waals surface area contributed by atoms with Crippen LogP contribution < -0.4 is 10.5 Å². The van der Waals surface area contributed by atoms with Gasteiger partial charge in [0.1, 0.15) is 4.90 Å². The van der Waals surface area contributed by atoms with Gasteiger partial charge in [-0.3, -0.25) is 4.98 Å². The number of thioether (sulfide) groups is 1. The predicted molar refractivity (Wildman–Crippen MR) is 69.3 cm³/mol. The second kappa shape index (κ2) is 5.24. The highest BCUT2D eigenvalue weighted by atomic mass is 32.2. The predicted octanol–water partition coefficient (Wildman–Crippen LogP) is 0.695. The minimum atomic E-state index is -3.53. The number of nitrogens with one attached hydrogen (secondary N) is 1. The summed E-state index contributed by atoms with van der Waals surface area (Å²) in [6.07, 6.45) is 3.82. The summed E-state index contributed by atoms with van der Waals surface area (Å²) in [5, 5.41) is 0. The van der Waals surface area contributed by atoms with Crippen LogP contribution in [0.15, 0.2) is 23.4 Å². The summed E-state index contributed by atoms with van der Waals surface area (Å²) >= 11 is 1.86. The molecule has 1 fully saturated rings. The summed E-state index contributed by atoms with van der Waals surface area (Å²) in [6, 6.07) is 1.49. The third-order valence-electron chi connectivity index (χ3n) is 2.69. The number of anilines is 1.